The molecule has 0 amide bonds. The Balaban J connectivity index is 0.000000671. The molecule has 0 spiro atoms. The number of hydrogen-bond donors (Lipinski definition) is 0. The molecule has 0 N–H and O–H groups in total. The number of benzene rings is 1. The summed E-state index contributed by atoms with van der Waals surface area (Å²) in [5, 5.41) is 7.64. The van der Waals surface area contributed by atoms with E-state index in [9.17, 15) is 0 Å². The molecule has 1 aromatic carbocycles. The van der Waals surface area contributed by atoms with Crippen LogP contribution in [0.2, 0.25) is 0 Å². The summed E-state index contributed by atoms with van der Waals surface area (Å²) in [4.78, 5) is 0. The smallest absolute Gasteiger partial charge is 0.0855 e. The van der Waals surface area contributed by atoms with Crippen LogP contribution >= 0.6 is 0 Å². The third kappa shape index (κ3) is 3.83. The summed E-state index contributed by atoms with van der Waals surface area (Å²) in [6.07, 6.45) is 0. The quantitative estimate of drug-likeness (QED) is 0.580. The SMILES string of the molecule is CC.CN=Nc1ccc(C)c(C)c1. The highest BCUT2D eigenvalue weighted by Crippen LogP contribution is 2.16. The normalized spacial score (nSPS) is 9.62. The van der Waals surface area contributed by atoms with Crippen molar-refractivity contribution >= 4 is 5.69 Å². The van der Waals surface area contributed by atoms with Crippen LogP contribution in [0.4, 0.5) is 5.69 Å². The Morgan fingerprint density at radius 3 is 2.08 bits per heavy atom. The molecule has 72 valence electrons. The highest BCUT2D eigenvalue weighted by atomic mass is 15.1. The van der Waals surface area contributed by atoms with Crippen LogP contribution in [0, 0.1) is 13.8 Å². The molecule has 13 heavy (non-hydrogen) atoms. The van der Waals surface area contributed by atoms with Crippen molar-refractivity contribution in [3.63, 3.8) is 0 Å². The van der Waals surface area contributed by atoms with E-state index in [0.29, 0.717) is 0 Å². The zero-order valence-corrected chi connectivity index (χ0v) is 9.13. The summed E-state index contributed by atoms with van der Waals surface area (Å²) < 4.78 is 0. The van der Waals surface area contributed by atoms with E-state index in [-0.39, 0.29) is 0 Å². The number of azo groups is 1. The van der Waals surface area contributed by atoms with Crippen LogP contribution in [-0.4, -0.2) is 7.05 Å². The third-order valence-corrected chi connectivity index (χ3v) is 1.71. The van der Waals surface area contributed by atoms with E-state index in [1.165, 1.54) is 11.1 Å². The second-order valence-electron chi connectivity index (χ2n) is 2.57. The van der Waals surface area contributed by atoms with Gasteiger partial charge in [0.05, 0.1) is 5.69 Å². The summed E-state index contributed by atoms with van der Waals surface area (Å²) >= 11 is 0. The Bertz CT molecular complexity index is 277. The van der Waals surface area contributed by atoms with Gasteiger partial charge in [-0.2, -0.15) is 10.2 Å². The van der Waals surface area contributed by atoms with Crippen LogP contribution in [0.15, 0.2) is 28.4 Å². The Kier molecular flexibility index (Phi) is 5.77. The first-order valence-electron chi connectivity index (χ1n) is 4.61. The monoisotopic (exact) mass is 178 g/mol. The Labute approximate surface area is 80.7 Å². The van der Waals surface area contributed by atoms with E-state index in [1.807, 2.05) is 26.0 Å². The van der Waals surface area contributed by atoms with Crippen molar-refractivity contribution in [1.29, 1.82) is 0 Å². The predicted molar refractivity (Wildman–Crippen MR) is 57.7 cm³/mol. The van der Waals surface area contributed by atoms with Gasteiger partial charge in [0.15, 0.2) is 0 Å². The molecular formula is C11H18N2. The first-order chi connectivity index (χ1) is 6.24. The van der Waals surface area contributed by atoms with Gasteiger partial charge in [0.2, 0.25) is 0 Å². The summed E-state index contributed by atoms with van der Waals surface area (Å²) in [6, 6.07) is 6.05. The maximum Gasteiger partial charge on any atom is 0.0855 e. The lowest BCUT2D eigenvalue weighted by Gasteiger charge is -1.98. The van der Waals surface area contributed by atoms with Crippen molar-refractivity contribution in [3.05, 3.63) is 29.3 Å². The van der Waals surface area contributed by atoms with Crippen molar-refractivity contribution in [2.45, 2.75) is 27.7 Å². The van der Waals surface area contributed by atoms with Gasteiger partial charge in [0.25, 0.3) is 0 Å². The van der Waals surface area contributed by atoms with Crippen LogP contribution in [0.1, 0.15) is 25.0 Å². The largest absolute Gasteiger partial charge is 0.192 e. The molecule has 0 saturated heterocycles. The number of aryl methyl sites for hydroxylation is 2. The zero-order valence-electron chi connectivity index (χ0n) is 9.13. The molecule has 1 rings (SSSR count). The van der Waals surface area contributed by atoms with Gasteiger partial charge in [-0.3, -0.25) is 0 Å². The second-order valence-corrected chi connectivity index (χ2v) is 2.57. The average molecular weight is 178 g/mol. The van der Waals surface area contributed by atoms with E-state index in [0.717, 1.165) is 5.69 Å². The molecule has 0 bridgehead atoms. The minimum Gasteiger partial charge on any atom is -0.192 e. The molecule has 0 radical (unpaired) electrons. The van der Waals surface area contributed by atoms with Gasteiger partial charge in [-0.05, 0) is 37.1 Å². The van der Waals surface area contributed by atoms with Crippen molar-refractivity contribution in [3.8, 4) is 0 Å². The fourth-order valence-corrected chi connectivity index (χ4v) is 0.903. The van der Waals surface area contributed by atoms with E-state index in [1.54, 1.807) is 7.05 Å². The molecule has 0 unspecified atom stereocenters. The number of hydrogen-bond acceptors (Lipinski definition) is 2. The molecule has 2 nitrogen and oxygen atoms in total. The van der Waals surface area contributed by atoms with Gasteiger partial charge in [-0.1, -0.05) is 19.9 Å². The van der Waals surface area contributed by atoms with Crippen molar-refractivity contribution in [1.82, 2.24) is 0 Å². The summed E-state index contributed by atoms with van der Waals surface area (Å²) in [5.74, 6) is 0. The molecule has 0 aliphatic rings. The van der Waals surface area contributed by atoms with Gasteiger partial charge < -0.3 is 0 Å². The van der Waals surface area contributed by atoms with Crippen LogP contribution in [0.25, 0.3) is 0 Å². The second kappa shape index (κ2) is 6.35. The summed E-state index contributed by atoms with van der Waals surface area (Å²) in [5.41, 5.74) is 3.48. The third-order valence-electron chi connectivity index (χ3n) is 1.71. The number of rotatable bonds is 1. The summed E-state index contributed by atoms with van der Waals surface area (Å²) in [7, 11) is 1.68. The van der Waals surface area contributed by atoms with Gasteiger partial charge >= 0.3 is 0 Å². The maximum atomic E-state index is 3.93. The molecule has 0 fully saturated rings. The minimum atomic E-state index is 0.926. The van der Waals surface area contributed by atoms with Crippen molar-refractivity contribution < 1.29 is 0 Å². The highest BCUT2D eigenvalue weighted by Gasteiger charge is 1.92. The van der Waals surface area contributed by atoms with Crippen LogP contribution < -0.4 is 0 Å². The first kappa shape index (κ1) is 11.8. The van der Waals surface area contributed by atoms with Crippen LogP contribution in [0.5, 0.6) is 0 Å². The van der Waals surface area contributed by atoms with Gasteiger partial charge in [0.1, 0.15) is 0 Å². The Morgan fingerprint density at radius 1 is 1.00 bits per heavy atom. The molecular weight excluding hydrogens is 160 g/mol. The van der Waals surface area contributed by atoms with Crippen LogP contribution in [-0.2, 0) is 0 Å². The van der Waals surface area contributed by atoms with Crippen LogP contribution in [0.3, 0.4) is 0 Å². The van der Waals surface area contributed by atoms with Gasteiger partial charge in [-0.25, -0.2) is 0 Å². The van der Waals surface area contributed by atoms with E-state index in [4.69, 9.17) is 0 Å². The maximum absolute atomic E-state index is 3.93. The standard InChI is InChI=1S/C9H12N2.C2H6/c1-7-4-5-9(11-10-3)6-8(7)2;1-2/h4-6H,1-3H3;1-2H3. The van der Waals surface area contributed by atoms with E-state index in [2.05, 4.69) is 30.1 Å². The lowest BCUT2D eigenvalue weighted by atomic mass is 10.1. The fourth-order valence-electron chi connectivity index (χ4n) is 0.903. The average Bonchev–Trinajstić information content (AvgIpc) is 2.15. The predicted octanol–water partition coefficient (Wildman–Crippen LogP) is 4.04. The number of nitrogens with zero attached hydrogens (tertiary/aromatic N) is 2. The highest BCUT2D eigenvalue weighted by molar-refractivity contribution is 5.42. The summed E-state index contributed by atoms with van der Waals surface area (Å²) in [6.45, 7) is 8.16. The van der Waals surface area contributed by atoms with E-state index < -0.39 is 0 Å². The molecule has 0 heterocycles. The fraction of sp³-hybridized carbons (Fsp3) is 0.455. The lowest BCUT2D eigenvalue weighted by Crippen LogP contribution is -1.77. The van der Waals surface area contributed by atoms with Gasteiger partial charge in [0, 0.05) is 7.05 Å². The molecule has 0 aromatic heterocycles. The minimum absolute atomic E-state index is 0.926. The zero-order chi connectivity index (χ0) is 10.3. The molecule has 0 saturated carbocycles. The first-order valence-corrected chi connectivity index (χ1v) is 4.61. The molecule has 0 aliphatic carbocycles. The molecule has 1 aromatic rings. The van der Waals surface area contributed by atoms with E-state index >= 15 is 0 Å². The van der Waals surface area contributed by atoms with Crippen molar-refractivity contribution in [2.24, 2.45) is 10.2 Å². The topological polar surface area (TPSA) is 24.7 Å². The lowest BCUT2D eigenvalue weighted by molar-refractivity contribution is 1.16. The molecule has 0 atom stereocenters. The molecule has 2 heteroatoms. The Morgan fingerprint density at radius 2 is 1.62 bits per heavy atom. The molecule has 0 aliphatic heterocycles. The Hall–Kier alpha value is -1.18. The van der Waals surface area contributed by atoms with Crippen molar-refractivity contribution in [2.75, 3.05) is 7.05 Å². The van der Waals surface area contributed by atoms with Gasteiger partial charge in [-0.15, -0.1) is 0 Å².